The van der Waals surface area contributed by atoms with Crippen molar-refractivity contribution in [2.24, 2.45) is 11.8 Å². The van der Waals surface area contributed by atoms with E-state index in [0.29, 0.717) is 12.3 Å². The van der Waals surface area contributed by atoms with Crippen LogP contribution in [0.1, 0.15) is 27.7 Å². The minimum atomic E-state index is -0.688. The first-order valence-electron chi connectivity index (χ1n) is 10.7. The highest BCUT2D eigenvalue weighted by Crippen LogP contribution is 2.22. The lowest BCUT2D eigenvalue weighted by Gasteiger charge is -2.26. The van der Waals surface area contributed by atoms with Gasteiger partial charge in [0.1, 0.15) is 11.6 Å². The molecular weight excluding hydrogens is 408 g/mol. The zero-order valence-corrected chi connectivity index (χ0v) is 18.9. The number of H-pyrrole nitrogens is 1. The molecule has 0 aliphatic carbocycles. The Bertz CT molecular complexity index is 1230. The molecule has 170 valence electrons. The number of anilines is 2. The molecule has 8 heteroatoms. The summed E-state index contributed by atoms with van der Waals surface area (Å²) in [5, 5.41) is 2.07. The number of aromatic amines is 1. The Morgan fingerprint density at radius 3 is 2.41 bits per heavy atom. The van der Waals surface area contributed by atoms with Gasteiger partial charge in [0.2, 0.25) is 0 Å². The average Bonchev–Trinajstić information content (AvgIpc) is 2.73. The third kappa shape index (κ3) is 5.19. The van der Waals surface area contributed by atoms with E-state index in [9.17, 15) is 14.4 Å². The molecule has 3 rings (SSSR count). The van der Waals surface area contributed by atoms with Gasteiger partial charge in [0.15, 0.2) is 12.3 Å². The fourth-order valence-electron chi connectivity index (χ4n) is 3.55. The lowest BCUT2D eigenvalue weighted by molar-refractivity contribution is -0.120. The van der Waals surface area contributed by atoms with E-state index >= 15 is 0 Å². The number of hydrogen-bond acceptors (Lipinski definition) is 5. The number of nitrogens with zero attached hydrogens (tertiary/aromatic N) is 2. The topological polar surface area (TPSA) is 110 Å². The maximum atomic E-state index is 13.1. The van der Waals surface area contributed by atoms with Crippen LogP contribution in [0.3, 0.4) is 0 Å². The second-order valence-electron chi connectivity index (χ2n) is 8.69. The first kappa shape index (κ1) is 23.1. The van der Waals surface area contributed by atoms with Crippen LogP contribution in [-0.2, 0) is 11.3 Å². The molecule has 0 radical (unpaired) electrons. The van der Waals surface area contributed by atoms with Gasteiger partial charge >= 0.3 is 5.69 Å². The highest BCUT2D eigenvalue weighted by Gasteiger charge is 2.25. The highest BCUT2D eigenvalue weighted by molar-refractivity contribution is 5.96. The SMILES string of the molecule is CC(C)CN(C(=O)COc1ccc2ccccc2c1)c1c(N)n(CC(C)C)c(=O)[nH]c1=O. The summed E-state index contributed by atoms with van der Waals surface area (Å²) in [6.07, 6.45) is 0. The molecule has 0 bridgehead atoms. The normalized spacial score (nSPS) is 11.3. The standard InChI is InChI=1S/C24H30N4O4/c1-15(2)12-27(21-22(25)28(13-16(3)4)24(31)26-23(21)30)20(29)14-32-19-10-9-17-7-5-6-8-18(17)11-19/h5-11,15-16H,12-14,25H2,1-4H3,(H,26,30,31). The molecule has 0 saturated carbocycles. The Morgan fingerprint density at radius 1 is 1.06 bits per heavy atom. The van der Waals surface area contributed by atoms with Crippen molar-refractivity contribution in [3.05, 3.63) is 63.3 Å². The van der Waals surface area contributed by atoms with Crippen LogP contribution in [-0.4, -0.2) is 28.6 Å². The van der Waals surface area contributed by atoms with Gasteiger partial charge in [0.05, 0.1) is 0 Å². The number of carbonyl (C=O) groups is 1. The van der Waals surface area contributed by atoms with Crippen molar-refractivity contribution in [3.8, 4) is 5.75 Å². The van der Waals surface area contributed by atoms with E-state index in [1.807, 2.05) is 64.1 Å². The summed E-state index contributed by atoms with van der Waals surface area (Å²) in [6.45, 7) is 8.04. The molecule has 0 unspecified atom stereocenters. The number of carbonyl (C=O) groups excluding carboxylic acids is 1. The van der Waals surface area contributed by atoms with Crippen molar-refractivity contribution in [2.75, 3.05) is 23.8 Å². The molecular formula is C24H30N4O4. The summed E-state index contributed by atoms with van der Waals surface area (Å²) in [6, 6.07) is 13.4. The molecule has 3 aromatic rings. The number of nitrogens with two attached hydrogens (primary N) is 1. The van der Waals surface area contributed by atoms with Gasteiger partial charge in [-0.1, -0.05) is 58.0 Å². The van der Waals surface area contributed by atoms with Crippen LogP contribution in [0.2, 0.25) is 0 Å². The molecule has 0 fully saturated rings. The Kier molecular flexibility index (Phi) is 7.02. The predicted octanol–water partition coefficient (Wildman–Crippen LogP) is 3.00. The summed E-state index contributed by atoms with van der Waals surface area (Å²) in [5.74, 6) is 0.294. The fraction of sp³-hybridized carbons (Fsp3) is 0.375. The van der Waals surface area contributed by atoms with Gasteiger partial charge in [0.25, 0.3) is 11.5 Å². The Labute approximate surface area is 186 Å². The van der Waals surface area contributed by atoms with E-state index < -0.39 is 17.2 Å². The highest BCUT2D eigenvalue weighted by atomic mass is 16.5. The first-order chi connectivity index (χ1) is 15.2. The number of nitrogen functional groups attached to an aromatic ring is 1. The molecule has 1 amide bonds. The molecule has 32 heavy (non-hydrogen) atoms. The minimum absolute atomic E-state index is 0.0212. The maximum Gasteiger partial charge on any atom is 0.330 e. The number of nitrogens with one attached hydrogen (secondary N) is 1. The molecule has 2 aromatic carbocycles. The maximum absolute atomic E-state index is 13.1. The van der Waals surface area contributed by atoms with Crippen molar-refractivity contribution < 1.29 is 9.53 Å². The number of fused-ring (bicyclic) bond motifs is 1. The van der Waals surface area contributed by atoms with Crippen LogP contribution in [0, 0.1) is 11.8 Å². The number of hydrogen-bond donors (Lipinski definition) is 2. The average molecular weight is 439 g/mol. The predicted molar refractivity (Wildman–Crippen MR) is 127 cm³/mol. The van der Waals surface area contributed by atoms with Gasteiger partial charge in [-0.2, -0.15) is 0 Å². The number of amides is 1. The number of ether oxygens (including phenoxy) is 1. The third-order valence-electron chi connectivity index (χ3n) is 4.96. The van der Waals surface area contributed by atoms with Crippen molar-refractivity contribution >= 4 is 28.2 Å². The zero-order valence-electron chi connectivity index (χ0n) is 18.9. The Hall–Kier alpha value is -3.55. The molecule has 1 aromatic heterocycles. The second-order valence-corrected chi connectivity index (χ2v) is 8.69. The summed E-state index contributed by atoms with van der Waals surface area (Å²) in [7, 11) is 0. The summed E-state index contributed by atoms with van der Waals surface area (Å²) in [5.41, 5.74) is 4.93. The summed E-state index contributed by atoms with van der Waals surface area (Å²) < 4.78 is 7.04. The molecule has 0 saturated heterocycles. The number of rotatable bonds is 8. The molecule has 1 heterocycles. The lowest BCUT2D eigenvalue weighted by atomic mass is 10.1. The largest absolute Gasteiger partial charge is 0.484 e. The van der Waals surface area contributed by atoms with E-state index in [4.69, 9.17) is 10.5 Å². The van der Waals surface area contributed by atoms with Crippen LogP contribution in [0.15, 0.2) is 52.1 Å². The van der Waals surface area contributed by atoms with Crippen molar-refractivity contribution in [1.29, 1.82) is 0 Å². The van der Waals surface area contributed by atoms with Gasteiger partial charge in [0, 0.05) is 13.1 Å². The van der Waals surface area contributed by atoms with E-state index in [0.717, 1.165) is 10.8 Å². The lowest BCUT2D eigenvalue weighted by Crippen LogP contribution is -2.44. The number of benzene rings is 2. The zero-order chi connectivity index (χ0) is 23.4. The van der Waals surface area contributed by atoms with E-state index in [1.165, 1.54) is 9.47 Å². The van der Waals surface area contributed by atoms with Gasteiger partial charge in [-0.3, -0.25) is 19.1 Å². The second kappa shape index (κ2) is 9.72. The third-order valence-corrected chi connectivity index (χ3v) is 4.96. The monoisotopic (exact) mass is 438 g/mol. The molecule has 0 aliphatic heterocycles. The van der Waals surface area contributed by atoms with Crippen LogP contribution in [0.25, 0.3) is 10.8 Å². The van der Waals surface area contributed by atoms with Gasteiger partial charge in [-0.15, -0.1) is 0 Å². The Morgan fingerprint density at radius 2 is 1.75 bits per heavy atom. The van der Waals surface area contributed by atoms with Crippen LogP contribution >= 0.6 is 0 Å². The van der Waals surface area contributed by atoms with Crippen LogP contribution in [0.5, 0.6) is 5.75 Å². The fourth-order valence-corrected chi connectivity index (χ4v) is 3.55. The minimum Gasteiger partial charge on any atom is -0.484 e. The first-order valence-corrected chi connectivity index (χ1v) is 10.7. The molecule has 0 aliphatic rings. The van der Waals surface area contributed by atoms with E-state index in [2.05, 4.69) is 4.98 Å². The van der Waals surface area contributed by atoms with Crippen molar-refractivity contribution in [1.82, 2.24) is 9.55 Å². The van der Waals surface area contributed by atoms with E-state index in [-0.39, 0.29) is 36.5 Å². The van der Waals surface area contributed by atoms with Crippen molar-refractivity contribution in [3.63, 3.8) is 0 Å². The smallest absolute Gasteiger partial charge is 0.330 e. The van der Waals surface area contributed by atoms with Gasteiger partial charge in [-0.25, -0.2) is 4.79 Å². The number of aromatic nitrogens is 2. The quantitative estimate of drug-likeness (QED) is 0.562. The molecule has 3 N–H and O–H groups in total. The van der Waals surface area contributed by atoms with Crippen molar-refractivity contribution in [2.45, 2.75) is 34.2 Å². The summed E-state index contributed by atoms with van der Waals surface area (Å²) >= 11 is 0. The Balaban J connectivity index is 1.91. The van der Waals surface area contributed by atoms with Crippen LogP contribution < -0.4 is 26.6 Å². The van der Waals surface area contributed by atoms with E-state index in [1.54, 1.807) is 6.07 Å². The van der Waals surface area contributed by atoms with Crippen LogP contribution in [0.4, 0.5) is 11.5 Å². The molecule has 0 atom stereocenters. The molecule has 8 nitrogen and oxygen atoms in total. The summed E-state index contributed by atoms with van der Waals surface area (Å²) in [4.78, 5) is 41.7. The van der Waals surface area contributed by atoms with Gasteiger partial charge < -0.3 is 15.4 Å². The van der Waals surface area contributed by atoms with Gasteiger partial charge in [-0.05, 0) is 34.7 Å². The molecule has 0 spiro atoms.